The fourth-order valence-corrected chi connectivity index (χ4v) is 4.25. The predicted octanol–water partition coefficient (Wildman–Crippen LogP) is -0.536. The maximum absolute atomic E-state index is 11.1. The van der Waals surface area contributed by atoms with Crippen molar-refractivity contribution in [3.63, 3.8) is 0 Å². The molecule has 6 heteroatoms. The molecule has 0 aromatic rings. The Kier molecular flexibility index (Phi) is 1.92. The molecule has 16 heavy (non-hydrogen) atoms. The lowest BCUT2D eigenvalue weighted by molar-refractivity contribution is -0.219. The Balaban J connectivity index is 1.96. The summed E-state index contributed by atoms with van der Waals surface area (Å²) in [6.45, 7) is 0. The van der Waals surface area contributed by atoms with Gasteiger partial charge in [0.05, 0.1) is 12.4 Å². The van der Waals surface area contributed by atoms with Crippen molar-refractivity contribution in [2.45, 2.75) is 18.3 Å². The highest BCUT2D eigenvalue weighted by Crippen LogP contribution is 2.61. The molecule has 2 bridgehead atoms. The van der Waals surface area contributed by atoms with Gasteiger partial charge < -0.3 is 10.2 Å². The average molecular weight is 246 g/mol. The molecule has 0 radical (unpaired) electrons. The van der Waals surface area contributed by atoms with Crippen LogP contribution in [0.3, 0.4) is 0 Å². The zero-order chi connectivity index (χ0) is 11.7. The van der Waals surface area contributed by atoms with Crippen LogP contribution in [0, 0.1) is 23.7 Å². The Morgan fingerprint density at radius 1 is 1.38 bits per heavy atom. The monoisotopic (exact) mass is 246 g/mol. The van der Waals surface area contributed by atoms with E-state index in [9.17, 15) is 18.6 Å². The van der Waals surface area contributed by atoms with Crippen LogP contribution in [0.15, 0.2) is 12.2 Å². The summed E-state index contributed by atoms with van der Waals surface area (Å²) in [4.78, 5) is 0. The molecule has 0 saturated heterocycles. The van der Waals surface area contributed by atoms with Crippen LogP contribution in [0.2, 0.25) is 0 Å². The number of allylic oxidation sites excluding steroid dienone is 1. The molecule has 2 fully saturated rings. The summed E-state index contributed by atoms with van der Waals surface area (Å²) in [5, 5.41) is 19.9. The molecule has 3 aliphatic carbocycles. The van der Waals surface area contributed by atoms with E-state index < -0.39 is 27.9 Å². The minimum Gasteiger partial charge on any atom is -0.365 e. The van der Waals surface area contributed by atoms with Crippen molar-refractivity contribution in [1.82, 2.24) is 0 Å². The third-order valence-corrected chi connectivity index (χ3v) is 4.67. The molecule has 5 nitrogen and oxygen atoms in total. The molecule has 1 unspecified atom stereocenters. The van der Waals surface area contributed by atoms with E-state index in [1.807, 2.05) is 6.08 Å². The first-order valence-corrected chi connectivity index (χ1v) is 7.13. The van der Waals surface area contributed by atoms with Gasteiger partial charge in [-0.3, -0.25) is 4.18 Å². The first-order valence-electron chi connectivity index (χ1n) is 5.32. The van der Waals surface area contributed by atoms with Crippen LogP contribution in [0.1, 0.15) is 6.42 Å². The van der Waals surface area contributed by atoms with E-state index in [0.29, 0.717) is 6.42 Å². The standard InChI is InChI=1S/C10H14O5S/c1-16(13,14)15-9-7-4-5-2-3-6(8(5)9)10(7,11)12/h2-3,5-9,11-12H,4H2,1H3/t5-,6-,7+,8-,9?/m1/s1. The summed E-state index contributed by atoms with van der Waals surface area (Å²) >= 11 is 0. The number of hydrogen-bond acceptors (Lipinski definition) is 5. The van der Waals surface area contributed by atoms with Crippen LogP contribution in [-0.4, -0.2) is 36.8 Å². The molecule has 0 aliphatic heterocycles. The minimum absolute atomic E-state index is 0.102. The molecule has 90 valence electrons. The zero-order valence-corrected chi connectivity index (χ0v) is 9.59. The van der Waals surface area contributed by atoms with Crippen LogP contribution < -0.4 is 0 Å². The first kappa shape index (κ1) is 10.7. The van der Waals surface area contributed by atoms with E-state index in [1.54, 1.807) is 6.08 Å². The van der Waals surface area contributed by atoms with E-state index in [1.165, 1.54) is 0 Å². The van der Waals surface area contributed by atoms with E-state index in [-0.39, 0.29) is 17.8 Å². The number of fused-ring (bicyclic) bond motifs is 1. The largest absolute Gasteiger partial charge is 0.365 e. The van der Waals surface area contributed by atoms with Crippen molar-refractivity contribution in [3.05, 3.63) is 12.2 Å². The lowest BCUT2D eigenvalue weighted by Gasteiger charge is -2.31. The van der Waals surface area contributed by atoms with Gasteiger partial charge in [-0.25, -0.2) is 0 Å². The highest BCUT2D eigenvalue weighted by Gasteiger charge is 2.68. The van der Waals surface area contributed by atoms with Crippen LogP contribution in [-0.2, 0) is 14.3 Å². The summed E-state index contributed by atoms with van der Waals surface area (Å²) in [7, 11) is -3.55. The van der Waals surface area contributed by atoms with Crippen molar-refractivity contribution >= 4 is 10.1 Å². The van der Waals surface area contributed by atoms with Crippen molar-refractivity contribution in [2.24, 2.45) is 23.7 Å². The molecule has 0 amide bonds. The van der Waals surface area contributed by atoms with E-state index in [4.69, 9.17) is 4.18 Å². The topological polar surface area (TPSA) is 83.8 Å². The van der Waals surface area contributed by atoms with Crippen molar-refractivity contribution in [1.29, 1.82) is 0 Å². The smallest absolute Gasteiger partial charge is 0.264 e. The number of hydrogen-bond donors (Lipinski definition) is 2. The minimum atomic E-state index is -3.55. The predicted molar refractivity (Wildman–Crippen MR) is 54.6 cm³/mol. The zero-order valence-electron chi connectivity index (χ0n) is 8.78. The maximum Gasteiger partial charge on any atom is 0.264 e. The van der Waals surface area contributed by atoms with Crippen LogP contribution in [0.5, 0.6) is 0 Å². The van der Waals surface area contributed by atoms with Crippen LogP contribution >= 0.6 is 0 Å². The summed E-state index contributed by atoms with van der Waals surface area (Å²) in [6.07, 6.45) is 4.72. The third kappa shape index (κ3) is 1.24. The molecule has 0 aromatic carbocycles. The van der Waals surface area contributed by atoms with Crippen molar-refractivity contribution < 1.29 is 22.8 Å². The van der Waals surface area contributed by atoms with Gasteiger partial charge in [-0.15, -0.1) is 0 Å². The molecule has 0 spiro atoms. The van der Waals surface area contributed by atoms with Crippen molar-refractivity contribution in [2.75, 3.05) is 6.26 Å². The summed E-state index contributed by atoms with van der Waals surface area (Å²) in [5.41, 5.74) is 0. The normalized spacial score (nSPS) is 47.8. The summed E-state index contributed by atoms with van der Waals surface area (Å²) in [5.74, 6) is -2.58. The highest BCUT2D eigenvalue weighted by molar-refractivity contribution is 7.86. The van der Waals surface area contributed by atoms with Crippen molar-refractivity contribution in [3.8, 4) is 0 Å². The van der Waals surface area contributed by atoms with Gasteiger partial charge in [0.15, 0.2) is 5.79 Å². The average Bonchev–Trinajstić information content (AvgIpc) is 2.64. The van der Waals surface area contributed by atoms with Gasteiger partial charge >= 0.3 is 0 Å². The molecular formula is C10H14O5S. The maximum atomic E-state index is 11.1. The summed E-state index contributed by atoms with van der Waals surface area (Å²) in [6, 6.07) is 0. The Morgan fingerprint density at radius 3 is 2.69 bits per heavy atom. The van der Waals surface area contributed by atoms with E-state index >= 15 is 0 Å². The Bertz CT molecular complexity index is 450. The van der Waals surface area contributed by atoms with Gasteiger partial charge in [0, 0.05) is 17.8 Å². The quantitative estimate of drug-likeness (QED) is 0.388. The molecule has 3 aliphatic rings. The molecule has 0 heterocycles. The van der Waals surface area contributed by atoms with E-state index in [2.05, 4.69) is 0 Å². The lowest BCUT2D eigenvalue weighted by Crippen LogP contribution is -2.42. The fourth-order valence-electron chi connectivity index (χ4n) is 3.58. The third-order valence-electron chi connectivity index (χ3n) is 4.10. The molecule has 5 atom stereocenters. The SMILES string of the molecule is CS(=O)(=O)OC1[C@@H]2[C@@H]3C=C[C@H]2C(O)(O)[C@H]1C3. The lowest BCUT2D eigenvalue weighted by atomic mass is 9.83. The van der Waals surface area contributed by atoms with Crippen LogP contribution in [0.4, 0.5) is 0 Å². The molecule has 2 N–H and O–H groups in total. The van der Waals surface area contributed by atoms with Gasteiger partial charge in [0.2, 0.25) is 0 Å². The van der Waals surface area contributed by atoms with Crippen LogP contribution in [0.25, 0.3) is 0 Å². The second-order valence-corrected chi connectivity index (χ2v) is 6.64. The Hall–Kier alpha value is -0.430. The van der Waals surface area contributed by atoms with Gasteiger partial charge in [0.1, 0.15) is 0 Å². The van der Waals surface area contributed by atoms with E-state index in [0.717, 1.165) is 6.26 Å². The Morgan fingerprint density at radius 2 is 2.06 bits per heavy atom. The molecular weight excluding hydrogens is 232 g/mol. The second kappa shape index (κ2) is 2.87. The highest BCUT2D eigenvalue weighted by atomic mass is 32.2. The fraction of sp³-hybridized carbons (Fsp3) is 0.800. The van der Waals surface area contributed by atoms with Gasteiger partial charge in [-0.1, -0.05) is 12.2 Å². The number of aliphatic hydroxyl groups is 2. The second-order valence-electron chi connectivity index (χ2n) is 5.04. The molecule has 0 aromatic heterocycles. The summed E-state index contributed by atoms with van der Waals surface area (Å²) < 4.78 is 27.3. The molecule has 3 rings (SSSR count). The van der Waals surface area contributed by atoms with Gasteiger partial charge in [-0.05, 0) is 12.3 Å². The first-order chi connectivity index (χ1) is 7.31. The number of rotatable bonds is 2. The molecule has 2 saturated carbocycles. The van der Waals surface area contributed by atoms with Gasteiger partial charge in [-0.2, -0.15) is 8.42 Å². The Labute approximate surface area is 93.9 Å². The van der Waals surface area contributed by atoms with Gasteiger partial charge in [0.25, 0.3) is 10.1 Å².